The third-order valence-corrected chi connectivity index (χ3v) is 4.70. The van der Waals surface area contributed by atoms with Crippen molar-refractivity contribution in [3.63, 3.8) is 0 Å². The maximum absolute atomic E-state index is 10.6. The van der Waals surface area contributed by atoms with E-state index in [0.29, 0.717) is 24.2 Å². The molecule has 0 saturated carbocycles. The van der Waals surface area contributed by atoms with Crippen LogP contribution in [0.1, 0.15) is 42.1 Å². The van der Waals surface area contributed by atoms with Crippen LogP contribution in [-0.4, -0.2) is 33.0 Å². The number of rotatable bonds is 8. The van der Waals surface area contributed by atoms with Crippen molar-refractivity contribution in [3.05, 3.63) is 82.7 Å². The topological polar surface area (TPSA) is 73.6 Å². The van der Waals surface area contributed by atoms with Crippen LogP contribution in [0, 0.1) is 13.8 Å². The summed E-state index contributed by atoms with van der Waals surface area (Å²) >= 11 is 0. The number of nitrogens with zero attached hydrogens (tertiary/aromatic N) is 1. The molecule has 1 aromatic carbocycles. The van der Waals surface area contributed by atoms with Gasteiger partial charge in [-0.2, -0.15) is 0 Å². The summed E-state index contributed by atoms with van der Waals surface area (Å²) in [6.07, 6.45) is 5.77. The van der Waals surface area contributed by atoms with Gasteiger partial charge in [0.2, 0.25) is 0 Å². The summed E-state index contributed by atoms with van der Waals surface area (Å²) in [6, 6.07) is 9.62. The minimum atomic E-state index is -0.708. The molecule has 1 aromatic heterocycles. The lowest BCUT2D eigenvalue weighted by Gasteiger charge is -2.16. The Morgan fingerprint density at radius 3 is 2.43 bits per heavy atom. The van der Waals surface area contributed by atoms with Crippen molar-refractivity contribution in [2.45, 2.75) is 39.7 Å². The lowest BCUT2D eigenvalue weighted by atomic mass is 9.94. The second-order valence-corrected chi connectivity index (χ2v) is 7.06. The van der Waals surface area contributed by atoms with Crippen molar-refractivity contribution in [1.82, 2.24) is 4.98 Å². The lowest BCUT2D eigenvalue weighted by molar-refractivity contribution is 0.203. The highest BCUT2D eigenvalue weighted by Crippen LogP contribution is 2.28. The Bertz CT molecular complexity index is 859. The van der Waals surface area contributed by atoms with E-state index >= 15 is 0 Å². The Morgan fingerprint density at radius 2 is 1.89 bits per heavy atom. The number of aliphatic hydroxyl groups excluding tert-OH is 2. The third-order valence-electron chi connectivity index (χ3n) is 4.70. The molecule has 2 aromatic rings. The Kier molecular flexibility index (Phi) is 7.73. The van der Waals surface area contributed by atoms with Crippen molar-refractivity contribution in [2.75, 3.05) is 6.61 Å². The third kappa shape index (κ3) is 5.65. The number of allylic oxidation sites excluding steroid dienone is 1. The second kappa shape index (κ2) is 10.0. The quantitative estimate of drug-likeness (QED) is 0.587. The molecule has 4 nitrogen and oxygen atoms in total. The van der Waals surface area contributed by atoms with Crippen LogP contribution in [0.5, 0.6) is 5.75 Å². The molecule has 1 atom stereocenters. The zero-order chi connectivity index (χ0) is 20.7. The van der Waals surface area contributed by atoms with Gasteiger partial charge in [0.1, 0.15) is 5.75 Å². The summed E-state index contributed by atoms with van der Waals surface area (Å²) in [5, 5.41) is 29.8. The first kappa shape index (κ1) is 21.6. The zero-order valence-corrected chi connectivity index (χ0v) is 16.8. The highest BCUT2D eigenvalue weighted by Gasteiger charge is 2.14. The Morgan fingerprint density at radius 1 is 1.21 bits per heavy atom. The number of benzene rings is 1. The highest BCUT2D eigenvalue weighted by molar-refractivity contribution is 5.80. The van der Waals surface area contributed by atoms with Crippen LogP contribution in [0.25, 0.3) is 11.6 Å². The SMILES string of the molecule is C=C(C)/C(=C/CO)C(O)CC/C(=C/c1cc(C)c(O)c(C)c1)c1ccccn1. The molecule has 0 spiro atoms. The van der Waals surface area contributed by atoms with Crippen LogP contribution in [0.2, 0.25) is 0 Å². The van der Waals surface area contributed by atoms with E-state index in [0.717, 1.165) is 33.5 Å². The normalized spacial score (nSPS) is 13.5. The first-order valence-electron chi connectivity index (χ1n) is 9.40. The molecule has 3 N–H and O–H groups in total. The predicted octanol–water partition coefficient (Wildman–Crippen LogP) is 4.58. The van der Waals surface area contributed by atoms with Gasteiger partial charge < -0.3 is 15.3 Å². The molecule has 0 aliphatic heterocycles. The molecule has 0 aliphatic carbocycles. The Labute approximate surface area is 167 Å². The summed E-state index contributed by atoms with van der Waals surface area (Å²) in [5.41, 5.74) is 5.88. The number of hydrogen-bond acceptors (Lipinski definition) is 4. The molecule has 1 heterocycles. The van der Waals surface area contributed by atoms with Crippen LogP contribution in [-0.2, 0) is 0 Å². The van der Waals surface area contributed by atoms with E-state index in [1.165, 1.54) is 0 Å². The van der Waals surface area contributed by atoms with Gasteiger partial charge in [-0.25, -0.2) is 0 Å². The van der Waals surface area contributed by atoms with Gasteiger partial charge >= 0.3 is 0 Å². The van der Waals surface area contributed by atoms with Gasteiger partial charge in [-0.3, -0.25) is 4.98 Å². The number of hydrogen-bond donors (Lipinski definition) is 3. The fraction of sp³-hybridized carbons (Fsp3) is 0.292. The fourth-order valence-electron chi connectivity index (χ4n) is 3.24. The molecular weight excluding hydrogens is 350 g/mol. The summed E-state index contributed by atoms with van der Waals surface area (Å²) < 4.78 is 0. The fourth-order valence-corrected chi connectivity index (χ4v) is 3.24. The Balaban J connectivity index is 2.34. The molecule has 0 aliphatic rings. The second-order valence-electron chi connectivity index (χ2n) is 7.06. The molecule has 148 valence electrons. The number of phenolic OH excluding ortho intramolecular Hbond substituents is 1. The van der Waals surface area contributed by atoms with Crippen LogP contribution in [0.4, 0.5) is 0 Å². The molecule has 28 heavy (non-hydrogen) atoms. The Hall–Kier alpha value is -2.69. The minimum Gasteiger partial charge on any atom is -0.507 e. The van der Waals surface area contributed by atoms with Crippen molar-refractivity contribution in [3.8, 4) is 5.75 Å². The maximum Gasteiger partial charge on any atom is 0.121 e. The molecule has 0 fully saturated rings. The van der Waals surface area contributed by atoms with E-state index in [9.17, 15) is 15.3 Å². The van der Waals surface area contributed by atoms with Crippen molar-refractivity contribution in [1.29, 1.82) is 0 Å². The van der Waals surface area contributed by atoms with E-state index in [1.54, 1.807) is 12.3 Å². The van der Waals surface area contributed by atoms with Crippen molar-refractivity contribution < 1.29 is 15.3 Å². The average molecular weight is 380 g/mol. The average Bonchev–Trinajstić information content (AvgIpc) is 2.67. The summed E-state index contributed by atoms with van der Waals surface area (Å²) in [7, 11) is 0. The molecule has 0 radical (unpaired) electrons. The summed E-state index contributed by atoms with van der Waals surface area (Å²) in [4.78, 5) is 4.46. The summed E-state index contributed by atoms with van der Waals surface area (Å²) in [5.74, 6) is 0.312. The number of aromatic hydroxyl groups is 1. The minimum absolute atomic E-state index is 0.131. The lowest BCUT2D eigenvalue weighted by Crippen LogP contribution is -2.12. The number of aryl methyl sites for hydroxylation is 2. The monoisotopic (exact) mass is 379 g/mol. The van der Waals surface area contributed by atoms with Crippen LogP contribution < -0.4 is 0 Å². The molecule has 0 saturated heterocycles. The van der Waals surface area contributed by atoms with E-state index in [2.05, 4.69) is 11.6 Å². The number of pyridine rings is 1. The van der Waals surface area contributed by atoms with E-state index in [-0.39, 0.29) is 6.61 Å². The van der Waals surface area contributed by atoms with Gasteiger partial charge in [0, 0.05) is 6.20 Å². The number of aliphatic hydroxyl groups is 2. The molecule has 0 bridgehead atoms. The van der Waals surface area contributed by atoms with E-state index < -0.39 is 6.10 Å². The van der Waals surface area contributed by atoms with Gasteiger partial charge in [0.15, 0.2) is 0 Å². The first-order chi connectivity index (χ1) is 13.3. The predicted molar refractivity (Wildman–Crippen MR) is 115 cm³/mol. The first-order valence-corrected chi connectivity index (χ1v) is 9.40. The smallest absolute Gasteiger partial charge is 0.121 e. The van der Waals surface area contributed by atoms with Gasteiger partial charge in [0.25, 0.3) is 0 Å². The largest absolute Gasteiger partial charge is 0.507 e. The molecular formula is C24H29NO3. The maximum atomic E-state index is 10.6. The van der Waals surface area contributed by atoms with Gasteiger partial charge in [-0.15, -0.1) is 0 Å². The molecule has 1 unspecified atom stereocenters. The van der Waals surface area contributed by atoms with Crippen LogP contribution in [0.15, 0.2) is 60.3 Å². The number of aromatic nitrogens is 1. The van der Waals surface area contributed by atoms with Crippen LogP contribution in [0.3, 0.4) is 0 Å². The van der Waals surface area contributed by atoms with Crippen molar-refractivity contribution in [2.24, 2.45) is 0 Å². The van der Waals surface area contributed by atoms with Crippen molar-refractivity contribution >= 4 is 11.6 Å². The molecule has 4 heteroatoms. The van der Waals surface area contributed by atoms with Gasteiger partial charge in [0.05, 0.1) is 18.4 Å². The standard InChI is InChI=1S/C24H29NO3/c1-16(2)21(10-12-26)23(27)9-8-20(22-7-5-6-11-25-22)15-19-13-17(3)24(28)18(4)14-19/h5-7,10-11,13-15,23,26-28H,1,8-9,12H2,2-4H3/b20-15-,21-10-. The summed E-state index contributed by atoms with van der Waals surface area (Å²) in [6.45, 7) is 9.33. The highest BCUT2D eigenvalue weighted by atomic mass is 16.3. The number of phenols is 1. The van der Waals surface area contributed by atoms with Gasteiger partial charge in [-0.1, -0.05) is 24.3 Å². The zero-order valence-electron chi connectivity index (χ0n) is 16.8. The van der Waals surface area contributed by atoms with Gasteiger partial charge in [-0.05, 0) is 91.8 Å². The van der Waals surface area contributed by atoms with E-state index in [4.69, 9.17) is 0 Å². The van der Waals surface area contributed by atoms with Crippen LogP contribution >= 0.6 is 0 Å². The molecule has 0 amide bonds. The van der Waals surface area contributed by atoms with E-state index in [1.807, 2.05) is 57.2 Å². The molecule has 2 rings (SSSR count).